The summed E-state index contributed by atoms with van der Waals surface area (Å²) in [6, 6.07) is 15.9. The Morgan fingerprint density at radius 2 is 1.77 bits per heavy atom. The van der Waals surface area contributed by atoms with Crippen LogP contribution in [0.4, 0.5) is 0 Å². The van der Waals surface area contributed by atoms with Crippen molar-refractivity contribution >= 4 is 26.8 Å². The first-order valence-electron chi connectivity index (χ1n) is 12.2. The normalized spacial score (nSPS) is 21.1. The summed E-state index contributed by atoms with van der Waals surface area (Å²) >= 11 is 0. The van der Waals surface area contributed by atoms with E-state index in [0.29, 0.717) is 43.4 Å². The largest absolute Gasteiger partial charge is 0.363 e. The van der Waals surface area contributed by atoms with Crippen molar-refractivity contribution in [2.45, 2.75) is 49.1 Å². The second kappa shape index (κ2) is 8.40. The van der Waals surface area contributed by atoms with Gasteiger partial charge in [0.1, 0.15) is 6.61 Å². The minimum absolute atomic E-state index is 0.0612. The number of carbonyl (C=O) groups excluding carboxylic acids is 1. The van der Waals surface area contributed by atoms with Gasteiger partial charge in [0.25, 0.3) is 0 Å². The Morgan fingerprint density at radius 3 is 2.51 bits per heavy atom. The van der Waals surface area contributed by atoms with Gasteiger partial charge in [-0.2, -0.15) is 4.31 Å². The van der Waals surface area contributed by atoms with Crippen LogP contribution >= 0.6 is 0 Å². The fourth-order valence-electron chi connectivity index (χ4n) is 5.40. The molecule has 35 heavy (non-hydrogen) atoms. The predicted octanol–water partition coefficient (Wildman–Crippen LogP) is 3.75. The average molecular weight is 492 g/mol. The summed E-state index contributed by atoms with van der Waals surface area (Å²) in [4.78, 5) is 19.0. The molecule has 1 spiro atoms. The molecule has 0 radical (unpaired) electrons. The van der Waals surface area contributed by atoms with Gasteiger partial charge in [-0.05, 0) is 67.5 Å². The summed E-state index contributed by atoms with van der Waals surface area (Å²) in [6.07, 6.45) is 5.10. The number of pyridine rings is 1. The Hall–Kier alpha value is -2.81. The van der Waals surface area contributed by atoms with Crippen molar-refractivity contribution in [1.29, 1.82) is 0 Å². The fraction of sp³-hybridized carbons (Fsp3) is 0.407. The number of aryl methyl sites for hydroxylation is 1. The highest BCUT2D eigenvalue weighted by atomic mass is 32.2. The molecule has 0 bridgehead atoms. The maximum absolute atomic E-state index is 13.5. The molecular weight excluding hydrogens is 462 g/mol. The van der Waals surface area contributed by atoms with E-state index in [4.69, 9.17) is 4.74 Å². The third-order valence-electron chi connectivity index (χ3n) is 7.63. The van der Waals surface area contributed by atoms with Crippen LogP contribution in [0, 0.1) is 6.92 Å². The van der Waals surface area contributed by atoms with Gasteiger partial charge in [-0.1, -0.05) is 30.3 Å². The Balaban J connectivity index is 1.20. The van der Waals surface area contributed by atoms with Crippen LogP contribution < -0.4 is 0 Å². The maximum atomic E-state index is 13.5. The first kappa shape index (κ1) is 22.6. The number of fused-ring (bicyclic) bond motifs is 1. The van der Waals surface area contributed by atoms with Gasteiger partial charge in [-0.3, -0.25) is 9.78 Å². The number of amides is 1. The number of morpholine rings is 1. The van der Waals surface area contributed by atoms with E-state index in [9.17, 15) is 13.2 Å². The highest BCUT2D eigenvalue weighted by molar-refractivity contribution is 7.89. The van der Waals surface area contributed by atoms with Gasteiger partial charge in [-0.25, -0.2) is 8.42 Å². The quantitative estimate of drug-likeness (QED) is 0.555. The lowest BCUT2D eigenvalue weighted by atomic mass is 9.90. The SMILES string of the molecule is Cc1cc(-c2ccc3cccnc3c2)ccc1S(=O)(=O)N1CCC2(CC1)CN(C1CC1)C(=O)CO2. The van der Waals surface area contributed by atoms with Crippen molar-refractivity contribution in [2.24, 2.45) is 0 Å². The molecule has 3 heterocycles. The topological polar surface area (TPSA) is 79.8 Å². The minimum atomic E-state index is -3.63. The number of hydrogen-bond acceptors (Lipinski definition) is 5. The molecule has 0 unspecified atom stereocenters. The average Bonchev–Trinajstić information content (AvgIpc) is 3.71. The van der Waals surface area contributed by atoms with Gasteiger partial charge in [0.2, 0.25) is 15.9 Å². The molecule has 3 aromatic rings. The zero-order valence-electron chi connectivity index (χ0n) is 19.8. The molecule has 0 atom stereocenters. The third-order valence-corrected chi connectivity index (χ3v) is 9.69. The number of rotatable bonds is 4. The summed E-state index contributed by atoms with van der Waals surface area (Å²) in [5.41, 5.74) is 3.18. The molecule has 8 heteroatoms. The Kier molecular flexibility index (Phi) is 5.43. The molecule has 2 saturated heterocycles. The van der Waals surface area contributed by atoms with Crippen LogP contribution in [0.5, 0.6) is 0 Å². The number of hydrogen-bond donors (Lipinski definition) is 0. The fourth-order valence-corrected chi connectivity index (χ4v) is 7.05. The number of piperidine rings is 1. The molecule has 3 fully saturated rings. The zero-order chi connectivity index (χ0) is 24.2. The van der Waals surface area contributed by atoms with Gasteiger partial charge >= 0.3 is 0 Å². The monoisotopic (exact) mass is 491 g/mol. The molecule has 0 N–H and O–H groups in total. The standard InChI is InChI=1S/C27H29N3O4S/c1-19-15-21(22-5-4-20-3-2-12-28-24(20)16-22)6-9-25(19)35(32,33)29-13-10-27(11-14-29)18-30(23-7-8-23)26(31)17-34-27/h2-6,9,12,15-16,23H,7-8,10-11,13-14,17-18H2,1H3. The van der Waals surface area contributed by atoms with E-state index in [-0.39, 0.29) is 12.5 Å². The Bertz CT molecular complexity index is 1410. The van der Waals surface area contributed by atoms with Gasteiger partial charge in [0.15, 0.2) is 0 Å². The molecule has 1 saturated carbocycles. The van der Waals surface area contributed by atoms with E-state index in [1.807, 2.05) is 54.3 Å². The van der Waals surface area contributed by atoms with Crippen LogP contribution in [0.2, 0.25) is 0 Å². The first-order chi connectivity index (χ1) is 16.8. The second-order valence-corrected chi connectivity index (χ2v) is 11.9. The van der Waals surface area contributed by atoms with E-state index >= 15 is 0 Å². The highest BCUT2D eigenvalue weighted by Gasteiger charge is 2.47. The van der Waals surface area contributed by atoms with Gasteiger partial charge < -0.3 is 9.64 Å². The smallest absolute Gasteiger partial charge is 0.248 e. The highest BCUT2D eigenvalue weighted by Crippen LogP contribution is 2.38. The first-order valence-corrected chi connectivity index (χ1v) is 13.7. The minimum Gasteiger partial charge on any atom is -0.363 e. The van der Waals surface area contributed by atoms with Crippen LogP contribution in [0.3, 0.4) is 0 Å². The second-order valence-electron chi connectivity index (χ2n) is 10.0. The van der Waals surface area contributed by atoms with Crippen molar-refractivity contribution in [3.63, 3.8) is 0 Å². The van der Waals surface area contributed by atoms with Crippen LogP contribution in [0.1, 0.15) is 31.2 Å². The number of ether oxygens (including phenoxy) is 1. The van der Waals surface area contributed by atoms with Crippen molar-refractivity contribution in [3.05, 3.63) is 60.3 Å². The predicted molar refractivity (Wildman–Crippen MR) is 133 cm³/mol. The Morgan fingerprint density at radius 1 is 1.03 bits per heavy atom. The Labute approximate surface area is 205 Å². The number of carbonyl (C=O) groups is 1. The molecule has 182 valence electrons. The molecule has 7 nitrogen and oxygen atoms in total. The zero-order valence-corrected chi connectivity index (χ0v) is 20.6. The van der Waals surface area contributed by atoms with Crippen LogP contribution in [-0.4, -0.2) is 66.4 Å². The lowest BCUT2D eigenvalue weighted by Gasteiger charge is -2.46. The summed E-state index contributed by atoms with van der Waals surface area (Å²) in [7, 11) is -3.63. The maximum Gasteiger partial charge on any atom is 0.248 e. The number of nitrogens with zero attached hydrogens (tertiary/aromatic N) is 3. The summed E-state index contributed by atoms with van der Waals surface area (Å²) in [5.74, 6) is 0.0612. The molecule has 6 rings (SSSR count). The van der Waals surface area contributed by atoms with Gasteiger partial charge in [-0.15, -0.1) is 0 Å². The lowest BCUT2D eigenvalue weighted by molar-refractivity contribution is -0.170. The van der Waals surface area contributed by atoms with Crippen molar-refractivity contribution < 1.29 is 17.9 Å². The van der Waals surface area contributed by atoms with Gasteiger partial charge in [0, 0.05) is 30.7 Å². The number of benzene rings is 2. The van der Waals surface area contributed by atoms with Crippen LogP contribution in [0.25, 0.3) is 22.0 Å². The van der Waals surface area contributed by atoms with E-state index < -0.39 is 15.6 Å². The molecule has 1 aliphatic carbocycles. The van der Waals surface area contributed by atoms with E-state index in [0.717, 1.165) is 40.4 Å². The summed E-state index contributed by atoms with van der Waals surface area (Å²) < 4.78 is 34.7. The number of aromatic nitrogens is 1. The van der Waals surface area contributed by atoms with Crippen molar-refractivity contribution in [2.75, 3.05) is 26.2 Å². The third kappa shape index (κ3) is 4.13. The lowest BCUT2D eigenvalue weighted by Crippen LogP contribution is -2.59. The molecule has 2 aliphatic heterocycles. The summed E-state index contributed by atoms with van der Waals surface area (Å²) in [6.45, 7) is 3.33. The van der Waals surface area contributed by atoms with Crippen LogP contribution in [0.15, 0.2) is 59.6 Å². The molecule has 1 aromatic heterocycles. The van der Waals surface area contributed by atoms with E-state index in [1.54, 1.807) is 16.6 Å². The van der Waals surface area contributed by atoms with Crippen molar-refractivity contribution in [3.8, 4) is 11.1 Å². The molecule has 2 aromatic carbocycles. The molecule has 1 amide bonds. The van der Waals surface area contributed by atoms with Crippen LogP contribution in [-0.2, 0) is 19.6 Å². The van der Waals surface area contributed by atoms with E-state index in [2.05, 4.69) is 4.98 Å². The molecular formula is C27H29N3O4S. The van der Waals surface area contributed by atoms with Crippen molar-refractivity contribution in [1.82, 2.24) is 14.2 Å². The summed E-state index contributed by atoms with van der Waals surface area (Å²) in [5, 5.41) is 1.07. The number of sulfonamides is 1. The van der Waals surface area contributed by atoms with Gasteiger partial charge in [0.05, 0.1) is 22.6 Å². The molecule has 3 aliphatic rings. The van der Waals surface area contributed by atoms with E-state index in [1.165, 1.54) is 0 Å².